The van der Waals surface area contributed by atoms with Crippen molar-refractivity contribution in [3.63, 3.8) is 0 Å². The van der Waals surface area contributed by atoms with Crippen molar-refractivity contribution in [2.24, 2.45) is 5.73 Å². The Balaban J connectivity index is 4.33. The Morgan fingerprint density at radius 1 is 1.26 bits per heavy atom. The summed E-state index contributed by atoms with van der Waals surface area (Å²) in [6, 6.07) is -2.13. The van der Waals surface area contributed by atoms with Crippen LogP contribution in [0, 0.1) is 0 Å². The van der Waals surface area contributed by atoms with Crippen LogP contribution in [0.1, 0.15) is 33.1 Å². The summed E-state index contributed by atoms with van der Waals surface area (Å²) in [7, 11) is 0. The Labute approximate surface area is 111 Å². The summed E-state index contributed by atoms with van der Waals surface area (Å²) in [6.45, 7) is 3.55. The van der Waals surface area contributed by atoms with Gasteiger partial charge in [0.25, 0.3) is 0 Å². The fourth-order valence-corrected chi connectivity index (χ4v) is 1.32. The van der Waals surface area contributed by atoms with Gasteiger partial charge < -0.3 is 21.3 Å². The molecule has 7 nitrogen and oxygen atoms in total. The summed E-state index contributed by atoms with van der Waals surface area (Å²) >= 11 is 0. The highest BCUT2D eigenvalue weighted by atomic mass is 16.4. The van der Waals surface area contributed by atoms with E-state index in [1.54, 1.807) is 19.9 Å². The molecule has 5 N–H and O–H groups in total. The fraction of sp³-hybridized carbons (Fsp3) is 0.583. The summed E-state index contributed by atoms with van der Waals surface area (Å²) in [4.78, 5) is 33.0. The lowest BCUT2D eigenvalue weighted by atomic mass is 10.1. The second-order valence-corrected chi connectivity index (χ2v) is 4.28. The van der Waals surface area contributed by atoms with Crippen LogP contribution < -0.4 is 11.1 Å². The van der Waals surface area contributed by atoms with Crippen molar-refractivity contribution in [1.29, 1.82) is 0 Å². The van der Waals surface area contributed by atoms with Gasteiger partial charge in [-0.05, 0) is 26.7 Å². The number of hydrogen-bond donors (Lipinski definition) is 4. The van der Waals surface area contributed by atoms with E-state index in [9.17, 15) is 14.4 Å². The lowest BCUT2D eigenvalue weighted by Crippen LogP contribution is -2.41. The minimum absolute atomic E-state index is 0.0316. The number of aliphatic carboxylic acids is 2. The molecule has 108 valence electrons. The highest BCUT2D eigenvalue weighted by molar-refractivity contribution is 5.84. The van der Waals surface area contributed by atoms with Crippen molar-refractivity contribution in [1.82, 2.24) is 5.32 Å². The van der Waals surface area contributed by atoms with Gasteiger partial charge in [0.1, 0.15) is 12.1 Å². The molecule has 0 aromatic carbocycles. The SMILES string of the molecule is CC=C(C)CC(NC(=O)CCC(N)C(=O)O)C(=O)O. The molecule has 0 saturated heterocycles. The number of allylic oxidation sites excluding steroid dienone is 1. The maximum absolute atomic E-state index is 11.5. The molecule has 0 aromatic heterocycles. The quantitative estimate of drug-likeness (QED) is 0.464. The zero-order valence-corrected chi connectivity index (χ0v) is 11.0. The van der Waals surface area contributed by atoms with Crippen molar-refractivity contribution < 1.29 is 24.6 Å². The average Bonchev–Trinajstić information content (AvgIpc) is 2.34. The van der Waals surface area contributed by atoms with Crippen LogP contribution in [0.5, 0.6) is 0 Å². The molecule has 19 heavy (non-hydrogen) atoms. The van der Waals surface area contributed by atoms with Gasteiger partial charge in [-0.25, -0.2) is 4.79 Å². The van der Waals surface area contributed by atoms with Crippen LogP contribution in [0.4, 0.5) is 0 Å². The van der Waals surface area contributed by atoms with Crippen LogP contribution >= 0.6 is 0 Å². The van der Waals surface area contributed by atoms with Gasteiger partial charge in [0.2, 0.25) is 5.91 Å². The molecule has 7 heteroatoms. The normalized spacial score (nSPS) is 14.6. The van der Waals surface area contributed by atoms with Crippen LogP contribution in [-0.2, 0) is 14.4 Å². The molecular weight excluding hydrogens is 252 g/mol. The van der Waals surface area contributed by atoms with Crippen LogP contribution in [0.2, 0.25) is 0 Å². The molecule has 0 aliphatic heterocycles. The summed E-state index contributed by atoms with van der Waals surface area (Å²) < 4.78 is 0. The number of nitrogens with two attached hydrogens (primary N) is 1. The first kappa shape index (κ1) is 17.1. The van der Waals surface area contributed by atoms with Crippen molar-refractivity contribution in [3.8, 4) is 0 Å². The number of hydrogen-bond acceptors (Lipinski definition) is 4. The van der Waals surface area contributed by atoms with Gasteiger partial charge in [-0.2, -0.15) is 0 Å². The third-order valence-electron chi connectivity index (χ3n) is 2.65. The second kappa shape index (κ2) is 8.25. The van der Waals surface area contributed by atoms with E-state index in [1.165, 1.54) is 0 Å². The Morgan fingerprint density at radius 2 is 1.84 bits per heavy atom. The molecule has 0 fully saturated rings. The van der Waals surface area contributed by atoms with Gasteiger partial charge in [0.15, 0.2) is 0 Å². The van der Waals surface area contributed by atoms with Crippen LogP contribution in [-0.4, -0.2) is 40.1 Å². The molecule has 0 spiro atoms. The lowest BCUT2D eigenvalue weighted by molar-refractivity contribution is -0.142. The maximum atomic E-state index is 11.5. The molecule has 2 atom stereocenters. The molecule has 0 bridgehead atoms. The molecule has 0 aliphatic carbocycles. The molecule has 2 unspecified atom stereocenters. The third kappa shape index (κ3) is 7.20. The zero-order chi connectivity index (χ0) is 15.0. The number of carboxylic acid groups (broad SMARTS) is 2. The van der Waals surface area contributed by atoms with E-state index < -0.39 is 29.9 Å². The predicted molar refractivity (Wildman–Crippen MR) is 68.5 cm³/mol. The molecule has 1 amide bonds. The number of rotatable bonds is 8. The van der Waals surface area contributed by atoms with Gasteiger partial charge in [-0.15, -0.1) is 0 Å². The first-order valence-electron chi connectivity index (χ1n) is 5.90. The average molecular weight is 272 g/mol. The maximum Gasteiger partial charge on any atom is 0.326 e. The molecule has 0 rings (SSSR count). The fourth-order valence-electron chi connectivity index (χ4n) is 1.32. The molecule has 0 saturated carbocycles. The van der Waals surface area contributed by atoms with E-state index in [-0.39, 0.29) is 19.3 Å². The molecule has 0 heterocycles. The largest absolute Gasteiger partial charge is 0.480 e. The second-order valence-electron chi connectivity index (χ2n) is 4.28. The number of carbonyl (C=O) groups is 3. The molecule has 0 aliphatic rings. The minimum atomic E-state index is -1.19. The summed E-state index contributed by atoms with van der Waals surface area (Å²) in [5.74, 6) is -2.84. The van der Waals surface area contributed by atoms with Gasteiger partial charge in [-0.3, -0.25) is 9.59 Å². The smallest absolute Gasteiger partial charge is 0.326 e. The van der Waals surface area contributed by atoms with Crippen molar-refractivity contribution in [2.45, 2.75) is 45.2 Å². The standard InChI is InChI=1S/C12H20N2O5/c1-3-7(2)6-9(12(18)19)14-10(15)5-4-8(13)11(16)17/h3,8-9H,4-6,13H2,1-2H3,(H,14,15)(H,16,17)(H,18,19). The van der Waals surface area contributed by atoms with Crippen molar-refractivity contribution in [2.75, 3.05) is 0 Å². The number of carbonyl (C=O) groups excluding carboxylic acids is 1. The monoisotopic (exact) mass is 272 g/mol. The first-order valence-corrected chi connectivity index (χ1v) is 5.90. The van der Waals surface area contributed by atoms with E-state index in [0.29, 0.717) is 0 Å². The molecule has 0 aromatic rings. The minimum Gasteiger partial charge on any atom is -0.480 e. The number of nitrogens with one attached hydrogen (secondary N) is 1. The summed E-state index contributed by atoms with van der Waals surface area (Å²) in [5, 5.41) is 19.9. The summed E-state index contributed by atoms with van der Waals surface area (Å²) in [5.41, 5.74) is 6.10. The van der Waals surface area contributed by atoms with Crippen LogP contribution in [0.15, 0.2) is 11.6 Å². The van der Waals surface area contributed by atoms with E-state index >= 15 is 0 Å². The highest BCUT2D eigenvalue weighted by Gasteiger charge is 2.21. The number of carboxylic acids is 2. The molecule has 0 radical (unpaired) electrons. The summed E-state index contributed by atoms with van der Waals surface area (Å²) in [6.07, 6.45) is 1.83. The molecular formula is C12H20N2O5. The first-order chi connectivity index (χ1) is 8.77. The van der Waals surface area contributed by atoms with E-state index in [2.05, 4.69) is 5.32 Å². The Hall–Kier alpha value is -1.89. The van der Waals surface area contributed by atoms with Gasteiger partial charge in [-0.1, -0.05) is 11.6 Å². The van der Waals surface area contributed by atoms with Crippen LogP contribution in [0.25, 0.3) is 0 Å². The zero-order valence-electron chi connectivity index (χ0n) is 11.0. The lowest BCUT2D eigenvalue weighted by Gasteiger charge is -2.15. The topological polar surface area (TPSA) is 130 Å². The van der Waals surface area contributed by atoms with E-state index in [1.807, 2.05) is 0 Å². The van der Waals surface area contributed by atoms with Crippen LogP contribution in [0.3, 0.4) is 0 Å². The van der Waals surface area contributed by atoms with Gasteiger partial charge in [0.05, 0.1) is 0 Å². The van der Waals surface area contributed by atoms with Gasteiger partial charge >= 0.3 is 11.9 Å². The Bertz CT molecular complexity index is 378. The van der Waals surface area contributed by atoms with Crippen molar-refractivity contribution >= 4 is 17.8 Å². The Kier molecular flexibility index (Phi) is 7.43. The number of amides is 1. The van der Waals surface area contributed by atoms with Crippen molar-refractivity contribution in [3.05, 3.63) is 11.6 Å². The third-order valence-corrected chi connectivity index (χ3v) is 2.65. The highest BCUT2D eigenvalue weighted by Crippen LogP contribution is 2.05. The Morgan fingerprint density at radius 3 is 2.26 bits per heavy atom. The van der Waals surface area contributed by atoms with E-state index in [0.717, 1.165) is 5.57 Å². The predicted octanol–water partition coefficient (Wildman–Crippen LogP) is 0.104. The van der Waals surface area contributed by atoms with Gasteiger partial charge in [0, 0.05) is 6.42 Å². The van der Waals surface area contributed by atoms with E-state index in [4.69, 9.17) is 15.9 Å².